The number of rotatable bonds is 7. The van der Waals surface area contributed by atoms with Crippen LogP contribution in [-0.4, -0.2) is 107 Å². The molecule has 0 radical (unpaired) electrons. The van der Waals surface area contributed by atoms with Crippen LogP contribution in [0.4, 0.5) is 5.69 Å². The lowest BCUT2D eigenvalue weighted by atomic mass is 9.73. The molecule has 13 nitrogen and oxygen atoms in total. The van der Waals surface area contributed by atoms with Crippen LogP contribution in [0.25, 0.3) is 33.4 Å². The van der Waals surface area contributed by atoms with Gasteiger partial charge in [-0.2, -0.15) is 0 Å². The largest absolute Gasteiger partial charge is 0.464 e. The lowest BCUT2D eigenvalue weighted by Crippen LogP contribution is -2.71. The number of cyclic esters (lactones) is 1. The minimum atomic E-state index is -2.16. The monoisotopic (exact) mass is 839 g/mol. The summed E-state index contributed by atoms with van der Waals surface area (Å²) in [4.78, 5) is 55.9. The third kappa shape index (κ3) is 7.41. The van der Waals surface area contributed by atoms with Crippen LogP contribution >= 0.6 is 11.3 Å². The Kier molecular flexibility index (Phi) is 9.87. The van der Waals surface area contributed by atoms with Gasteiger partial charge in [0.05, 0.1) is 46.7 Å². The van der Waals surface area contributed by atoms with Crippen LogP contribution in [-0.2, 0) is 43.2 Å². The number of piperazine rings is 1. The Hall–Kier alpha value is -4.37. The number of aromatic nitrogens is 3. The number of carbonyl (C=O) groups excluding carboxylic acids is 3. The van der Waals surface area contributed by atoms with Crippen LogP contribution < -0.4 is 15.6 Å². The molecule has 14 heteroatoms. The third-order valence-corrected chi connectivity index (χ3v) is 14.9. The van der Waals surface area contributed by atoms with Crippen LogP contribution in [0.1, 0.15) is 80.9 Å². The summed E-state index contributed by atoms with van der Waals surface area (Å²) in [5.41, 5.74) is 10.3. The number of hydrazine groups is 1. The van der Waals surface area contributed by atoms with Crippen LogP contribution in [0.2, 0.25) is 0 Å². The summed E-state index contributed by atoms with van der Waals surface area (Å²) in [5, 5.41) is 8.51. The van der Waals surface area contributed by atoms with E-state index in [1.165, 1.54) is 11.3 Å². The Labute approximate surface area is 361 Å². The van der Waals surface area contributed by atoms with E-state index in [1.807, 2.05) is 18.5 Å². The first-order valence-corrected chi connectivity index (χ1v) is 22.5. The molecule has 1 unspecified atom stereocenters. The molecule has 5 fully saturated rings. The van der Waals surface area contributed by atoms with E-state index in [4.69, 9.17) is 23.6 Å². The number of hydrogen-bond acceptors (Lipinski definition) is 11. The molecule has 0 spiro atoms. The highest BCUT2D eigenvalue weighted by Gasteiger charge is 2.53. The van der Waals surface area contributed by atoms with Crippen molar-refractivity contribution in [2.24, 2.45) is 29.1 Å². The summed E-state index contributed by atoms with van der Waals surface area (Å²) in [6.07, 6.45) is 3.78. The highest BCUT2D eigenvalue weighted by molar-refractivity contribution is 7.10. The maximum atomic E-state index is 14.5. The van der Waals surface area contributed by atoms with Gasteiger partial charge in [-0.15, -0.1) is 11.3 Å². The van der Waals surface area contributed by atoms with Crippen molar-refractivity contribution in [1.82, 2.24) is 35.2 Å². The first-order chi connectivity index (χ1) is 30.0. The zero-order valence-corrected chi connectivity index (χ0v) is 36.6. The number of methoxy groups -OCH3 is 1. The van der Waals surface area contributed by atoms with Gasteiger partial charge >= 0.3 is 5.97 Å². The molecular weight excluding hydrogens is 777 g/mol. The molecule has 60 heavy (non-hydrogen) atoms. The zero-order chi connectivity index (χ0) is 44.7. The molecule has 3 saturated heterocycles. The average Bonchev–Trinajstić information content (AvgIpc) is 3.51. The van der Waals surface area contributed by atoms with Gasteiger partial charge < -0.3 is 29.2 Å². The second kappa shape index (κ2) is 15.8. The Bertz CT molecular complexity index is 2410. The van der Waals surface area contributed by atoms with E-state index in [0.717, 1.165) is 55.4 Å². The fraction of sp³-hybridized carbons (Fsp3) is 0.587. The van der Waals surface area contributed by atoms with Gasteiger partial charge in [0.1, 0.15) is 12.1 Å². The standard InChI is InChI=1S/C46H60N8O5S/c1-9-53-37-11-10-28-18-31(37)33(42(53)32-19-34(27(4)58-8)47-22-38(32)52-14-12-51(7)13-15-52)21-46(5,6)24-59-45(57)41-29-16-30(17-29)54(50-41)44(56)35(20-39-48-36(28)23-60-39)49-43(55)40-25(2)26(40)3/h10-11,18-19,22-23,25-27,29-30,35,40-41,50H,9,12-17,20-21,24H2,1-8H3,(H,49,55)/t25-,26+,27-,29?,30?,35-,40?,41-/m0/s1/i7D3. The number of carbonyl (C=O) groups is 3. The van der Waals surface area contributed by atoms with Crippen molar-refractivity contribution in [2.75, 3.05) is 51.8 Å². The average molecular weight is 840 g/mol. The van der Waals surface area contributed by atoms with Crippen LogP contribution in [0.3, 0.4) is 0 Å². The number of fused-ring (bicyclic) bond motifs is 4. The van der Waals surface area contributed by atoms with Crippen molar-refractivity contribution in [3.05, 3.63) is 52.1 Å². The number of aryl methyl sites for hydroxylation is 1. The maximum absolute atomic E-state index is 14.5. The predicted octanol–water partition coefficient (Wildman–Crippen LogP) is 5.85. The number of hydrogen-bond donors (Lipinski definition) is 2. The van der Waals surface area contributed by atoms with Gasteiger partial charge in [-0.05, 0) is 81.6 Å². The topological polar surface area (TPSA) is 134 Å². The summed E-state index contributed by atoms with van der Waals surface area (Å²) in [6.45, 7) is 13.0. The van der Waals surface area contributed by atoms with E-state index in [1.54, 1.807) is 17.0 Å². The Balaban J connectivity index is 1.17. The molecule has 7 heterocycles. The highest BCUT2D eigenvalue weighted by Crippen LogP contribution is 2.47. The van der Waals surface area contributed by atoms with E-state index >= 15 is 0 Å². The Morgan fingerprint density at radius 2 is 1.92 bits per heavy atom. The molecule has 6 atom stereocenters. The molecule has 2 saturated carbocycles. The summed E-state index contributed by atoms with van der Waals surface area (Å²) < 4.78 is 38.5. The van der Waals surface area contributed by atoms with E-state index in [9.17, 15) is 14.4 Å². The number of likely N-dealkylation sites (N-methyl/N-ethyl adjacent to an activating group) is 1. The van der Waals surface area contributed by atoms with E-state index < -0.39 is 24.5 Å². The Morgan fingerprint density at radius 3 is 2.62 bits per heavy atom. The summed E-state index contributed by atoms with van der Waals surface area (Å²) in [7, 11) is 1.67. The number of anilines is 1. The molecule has 320 valence electrons. The molecule has 2 aliphatic carbocycles. The molecular formula is C46H60N8O5S. The van der Waals surface area contributed by atoms with Crippen molar-refractivity contribution in [3.63, 3.8) is 0 Å². The van der Waals surface area contributed by atoms with E-state index in [0.29, 0.717) is 52.0 Å². The van der Waals surface area contributed by atoms with Crippen molar-refractivity contribution < 1.29 is 28.0 Å². The van der Waals surface area contributed by atoms with Gasteiger partial charge in [0, 0.05) is 95.2 Å². The van der Waals surface area contributed by atoms with E-state index in [2.05, 4.69) is 79.1 Å². The van der Waals surface area contributed by atoms with Crippen molar-refractivity contribution >= 4 is 45.7 Å². The number of nitrogens with one attached hydrogen (secondary N) is 2. The second-order valence-corrected chi connectivity index (χ2v) is 19.5. The quantitative estimate of drug-likeness (QED) is 0.218. The smallest absolute Gasteiger partial charge is 0.325 e. The number of pyridine rings is 1. The first kappa shape index (κ1) is 37.4. The minimum Gasteiger partial charge on any atom is -0.464 e. The third-order valence-electron chi connectivity index (χ3n) is 14.0. The lowest BCUT2D eigenvalue weighted by Gasteiger charge is -2.53. The van der Waals surface area contributed by atoms with E-state index in [-0.39, 0.29) is 66.6 Å². The first-order valence-electron chi connectivity index (χ1n) is 23.2. The molecule has 2 N–H and O–H groups in total. The molecule has 4 aromatic rings. The fourth-order valence-electron chi connectivity index (χ4n) is 9.93. The molecule has 3 aromatic heterocycles. The number of thiazole rings is 1. The van der Waals surface area contributed by atoms with Crippen molar-refractivity contribution in [3.8, 4) is 22.5 Å². The van der Waals surface area contributed by atoms with Crippen LogP contribution in [0.15, 0.2) is 35.8 Å². The van der Waals surface area contributed by atoms with Gasteiger partial charge in [0.2, 0.25) is 5.91 Å². The van der Waals surface area contributed by atoms with Crippen molar-refractivity contribution in [2.45, 2.75) is 98.0 Å². The Morgan fingerprint density at radius 1 is 1.15 bits per heavy atom. The summed E-state index contributed by atoms with van der Waals surface area (Å²) in [5.74, 6) is -0.373. The summed E-state index contributed by atoms with van der Waals surface area (Å²) >= 11 is 1.47. The van der Waals surface area contributed by atoms with Gasteiger partial charge in [0.25, 0.3) is 5.91 Å². The fourth-order valence-corrected chi connectivity index (χ4v) is 10.8. The van der Waals surface area contributed by atoms with Gasteiger partial charge in [0.15, 0.2) is 0 Å². The predicted molar refractivity (Wildman–Crippen MR) is 233 cm³/mol. The second-order valence-electron chi connectivity index (χ2n) is 18.6. The van der Waals surface area contributed by atoms with Crippen LogP contribution in [0, 0.1) is 29.1 Å². The molecule has 8 bridgehead atoms. The SMILES string of the molecule is [2H]C([2H])([2H])N1CCN(c2cnc([C@H](C)OC)cc2-c2c3c4cc(ccc4n2CC)-c2csc(n2)C[C@H](NC(=O)C2[C@@H](C)[C@H]2C)C(=O)N2N[C@H](C(=O)OCC(C)(C)C3)C3CC2C3)CC1. The number of nitrogens with zero attached hydrogens (tertiary/aromatic N) is 6. The molecule has 6 aliphatic rings. The van der Waals surface area contributed by atoms with Crippen LogP contribution in [0.5, 0.6) is 0 Å². The van der Waals surface area contributed by atoms with Gasteiger partial charge in [-0.25, -0.2) is 10.4 Å². The minimum absolute atomic E-state index is 0.0472. The molecule has 4 aliphatic heterocycles. The van der Waals surface area contributed by atoms with Gasteiger partial charge in [-0.1, -0.05) is 33.8 Å². The normalized spacial score (nSPS) is 29.4. The zero-order valence-electron chi connectivity index (χ0n) is 38.8. The van der Waals surface area contributed by atoms with Gasteiger partial charge in [-0.3, -0.25) is 24.4 Å². The number of benzene rings is 1. The molecule has 1 aromatic carbocycles. The lowest BCUT2D eigenvalue weighted by molar-refractivity contribution is -0.171. The number of esters is 1. The molecule has 2 amide bonds. The number of ether oxygens (including phenoxy) is 2. The maximum Gasteiger partial charge on any atom is 0.325 e. The highest BCUT2D eigenvalue weighted by atomic mass is 32.1. The summed E-state index contributed by atoms with van der Waals surface area (Å²) in [6, 6.07) is 6.95. The number of amides is 2. The van der Waals surface area contributed by atoms with Crippen molar-refractivity contribution in [1.29, 1.82) is 0 Å². The molecule has 10 rings (SSSR count).